The predicted molar refractivity (Wildman–Crippen MR) is 144 cm³/mol. The Morgan fingerprint density at radius 2 is 1.44 bits per heavy atom. The molecule has 0 amide bonds. The molecule has 11 nitrogen and oxygen atoms in total. The average Bonchev–Trinajstić information content (AvgIpc) is 3.37. The van der Waals surface area contributed by atoms with Gasteiger partial charge < -0.3 is 24.1 Å². The van der Waals surface area contributed by atoms with Gasteiger partial charge in [-0.15, -0.1) is 10.2 Å². The van der Waals surface area contributed by atoms with Crippen LogP contribution in [0.3, 0.4) is 0 Å². The van der Waals surface area contributed by atoms with Crippen molar-refractivity contribution in [3.63, 3.8) is 0 Å². The predicted octanol–water partition coefficient (Wildman–Crippen LogP) is 3.40. The van der Waals surface area contributed by atoms with Crippen LogP contribution in [0.4, 0.5) is 0 Å². The maximum atomic E-state index is 13.7. The standard InChI is InChI=1S/C27H30N4O7S/c1-17(26(32)18-10-6-7-12-20(18)35-2)39(33,34)16-23-29-30-27(19-11-8-15-24(28-19)38-5)31(23)25-21(36-3)13-9-14-22(25)37-4/h6-15,17,26,32H,16H2,1-5H3/t17-,26+/m0/s1. The van der Waals surface area contributed by atoms with Gasteiger partial charge in [0.05, 0.1) is 39.8 Å². The average molecular weight is 555 g/mol. The number of ether oxygens (including phenoxy) is 4. The van der Waals surface area contributed by atoms with Crippen molar-refractivity contribution in [2.45, 2.75) is 24.0 Å². The summed E-state index contributed by atoms with van der Waals surface area (Å²) in [7, 11) is 1.95. The van der Waals surface area contributed by atoms with Gasteiger partial charge >= 0.3 is 0 Å². The summed E-state index contributed by atoms with van der Waals surface area (Å²) in [5, 5.41) is 18.4. The molecule has 0 fully saturated rings. The van der Waals surface area contributed by atoms with Gasteiger partial charge in [0, 0.05) is 11.6 Å². The molecule has 0 spiro atoms. The smallest absolute Gasteiger partial charge is 0.213 e. The molecule has 0 unspecified atom stereocenters. The molecular weight excluding hydrogens is 524 g/mol. The quantitative estimate of drug-likeness (QED) is 0.294. The minimum atomic E-state index is -3.99. The molecule has 2 atom stereocenters. The number of hydrogen-bond acceptors (Lipinski definition) is 10. The fraction of sp³-hybridized carbons (Fsp3) is 0.296. The second kappa shape index (κ2) is 11.7. The third-order valence-corrected chi connectivity index (χ3v) is 8.37. The molecule has 0 aliphatic rings. The number of methoxy groups -OCH3 is 4. The highest BCUT2D eigenvalue weighted by molar-refractivity contribution is 7.91. The van der Waals surface area contributed by atoms with E-state index in [2.05, 4.69) is 15.2 Å². The van der Waals surface area contributed by atoms with Crippen LogP contribution in [-0.2, 0) is 15.6 Å². The molecule has 4 aromatic rings. The van der Waals surface area contributed by atoms with Crippen LogP contribution in [0, 0.1) is 0 Å². The molecule has 4 rings (SSSR count). The van der Waals surface area contributed by atoms with Gasteiger partial charge in [0.1, 0.15) is 34.4 Å². The summed E-state index contributed by atoms with van der Waals surface area (Å²) in [6, 6.07) is 17.0. The van der Waals surface area contributed by atoms with Crippen LogP contribution in [0.25, 0.3) is 17.2 Å². The molecule has 2 aromatic carbocycles. The van der Waals surface area contributed by atoms with E-state index in [1.165, 1.54) is 35.4 Å². The highest BCUT2D eigenvalue weighted by Gasteiger charge is 2.34. The van der Waals surface area contributed by atoms with E-state index < -0.39 is 26.9 Å². The van der Waals surface area contributed by atoms with Gasteiger partial charge in [-0.05, 0) is 31.2 Å². The van der Waals surface area contributed by atoms with E-state index in [-0.39, 0.29) is 11.6 Å². The first-order valence-corrected chi connectivity index (χ1v) is 13.7. The van der Waals surface area contributed by atoms with Gasteiger partial charge in [-0.1, -0.05) is 30.3 Å². The fourth-order valence-electron chi connectivity index (χ4n) is 4.19. The van der Waals surface area contributed by atoms with Crippen molar-refractivity contribution >= 4 is 9.84 Å². The number of aromatic nitrogens is 4. The van der Waals surface area contributed by atoms with Crippen LogP contribution >= 0.6 is 0 Å². The van der Waals surface area contributed by atoms with Crippen LogP contribution in [0.5, 0.6) is 23.1 Å². The lowest BCUT2D eigenvalue weighted by Crippen LogP contribution is -2.28. The normalized spacial score (nSPS) is 13.0. The van der Waals surface area contributed by atoms with E-state index in [1.54, 1.807) is 65.2 Å². The molecule has 2 heterocycles. The molecule has 0 radical (unpaired) electrons. The first kappa shape index (κ1) is 27.9. The molecule has 0 aliphatic carbocycles. The minimum absolute atomic E-state index is 0.0801. The number of nitrogens with zero attached hydrogens (tertiary/aromatic N) is 4. The first-order chi connectivity index (χ1) is 18.7. The van der Waals surface area contributed by atoms with E-state index in [0.29, 0.717) is 40.1 Å². The zero-order chi connectivity index (χ0) is 28.2. The SMILES string of the molecule is COc1cccc(-c2nnc(CS(=O)(=O)[C@@H](C)[C@@H](O)c3ccccc3OC)n2-c2c(OC)cccc2OC)n1. The maximum absolute atomic E-state index is 13.7. The van der Waals surface area contributed by atoms with Crippen molar-refractivity contribution in [2.75, 3.05) is 28.4 Å². The Hall–Kier alpha value is -4.16. The number of aliphatic hydroxyl groups is 1. The molecule has 2 aromatic heterocycles. The van der Waals surface area contributed by atoms with E-state index in [9.17, 15) is 13.5 Å². The first-order valence-electron chi connectivity index (χ1n) is 11.9. The van der Waals surface area contributed by atoms with E-state index >= 15 is 0 Å². The molecule has 206 valence electrons. The van der Waals surface area contributed by atoms with Gasteiger partial charge in [0.25, 0.3) is 0 Å². The molecule has 0 saturated heterocycles. The summed E-state index contributed by atoms with van der Waals surface area (Å²) in [6.45, 7) is 1.45. The number of para-hydroxylation sites is 2. The second-order valence-corrected chi connectivity index (χ2v) is 10.9. The Labute approximate surface area is 226 Å². The van der Waals surface area contributed by atoms with Gasteiger partial charge in [-0.25, -0.2) is 13.4 Å². The molecule has 0 bridgehead atoms. The lowest BCUT2D eigenvalue weighted by atomic mass is 10.1. The number of rotatable bonds is 11. The summed E-state index contributed by atoms with van der Waals surface area (Å²) in [4.78, 5) is 4.46. The zero-order valence-corrected chi connectivity index (χ0v) is 23.0. The Balaban J connectivity index is 1.85. The lowest BCUT2D eigenvalue weighted by Gasteiger charge is -2.22. The Bertz CT molecular complexity index is 1530. The Kier molecular flexibility index (Phi) is 8.36. The van der Waals surface area contributed by atoms with Gasteiger partial charge in [0.2, 0.25) is 5.88 Å². The van der Waals surface area contributed by atoms with Crippen molar-refractivity contribution < 1.29 is 32.5 Å². The maximum Gasteiger partial charge on any atom is 0.213 e. The van der Waals surface area contributed by atoms with Crippen LogP contribution in [-0.4, -0.2) is 67.0 Å². The topological polar surface area (TPSA) is 135 Å². The molecular formula is C27H30N4O7S. The Morgan fingerprint density at radius 1 is 0.821 bits per heavy atom. The van der Waals surface area contributed by atoms with Crippen LogP contribution < -0.4 is 18.9 Å². The van der Waals surface area contributed by atoms with Crippen LogP contribution in [0.1, 0.15) is 24.4 Å². The molecule has 0 saturated carbocycles. The van der Waals surface area contributed by atoms with Gasteiger partial charge in [-0.3, -0.25) is 4.57 Å². The number of sulfone groups is 1. The van der Waals surface area contributed by atoms with Crippen molar-refractivity contribution in [2.24, 2.45) is 0 Å². The summed E-state index contributed by atoms with van der Waals surface area (Å²) >= 11 is 0. The van der Waals surface area contributed by atoms with E-state index in [1.807, 2.05) is 0 Å². The van der Waals surface area contributed by atoms with Crippen molar-refractivity contribution in [1.82, 2.24) is 19.7 Å². The van der Waals surface area contributed by atoms with Crippen molar-refractivity contribution in [3.05, 3.63) is 72.1 Å². The fourth-order valence-corrected chi connectivity index (χ4v) is 5.54. The summed E-state index contributed by atoms with van der Waals surface area (Å²) in [5.41, 5.74) is 1.15. The van der Waals surface area contributed by atoms with E-state index in [4.69, 9.17) is 18.9 Å². The number of pyridine rings is 1. The number of aliphatic hydroxyl groups excluding tert-OH is 1. The molecule has 0 aliphatic heterocycles. The second-order valence-electron chi connectivity index (χ2n) is 8.55. The van der Waals surface area contributed by atoms with Crippen molar-refractivity contribution in [1.29, 1.82) is 0 Å². The van der Waals surface area contributed by atoms with Crippen molar-refractivity contribution in [3.8, 4) is 40.3 Å². The molecule has 12 heteroatoms. The summed E-state index contributed by atoms with van der Waals surface area (Å²) in [6.07, 6.45) is -1.34. The lowest BCUT2D eigenvalue weighted by molar-refractivity contribution is 0.171. The van der Waals surface area contributed by atoms with E-state index in [0.717, 1.165) is 0 Å². The van der Waals surface area contributed by atoms with Crippen LogP contribution in [0.15, 0.2) is 60.7 Å². The third-order valence-electron chi connectivity index (χ3n) is 6.32. The number of benzene rings is 2. The largest absolute Gasteiger partial charge is 0.496 e. The third kappa shape index (κ3) is 5.52. The number of hydrogen-bond donors (Lipinski definition) is 1. The highest BCUT2D eigenvalue weighted by atomic mass is 32.2. The minimum Gasteiger partial charge on any atom is -0.496 e. The van der Waals surface area contributed by atoms with Gasteiger partial charge in [-0.2, -0.15) is 0 Å². The zero-order valence-electron chi connectivity index (χ0n) is 22.2. The molecule has 39 heavy (non-hydrogen) atoms. The van der Waals surface area contributed by atoms with Crippen LogP contribution in [0.2, 0.25) is 0 Å². The molecule has 1 N–H and O–H groups in total. The highest BCUT2D eigenvalue weighted by Crippen LogP contribution is 2.37. The summed E-state index contributed by atoms with van der Waals surface area (Å²) < 4.78 is 50.7. The summed E-state index contributed by atoms with van der Waals surface area (Å²) in [5.74, 6) is 1.32. The monoisotopic (exact) mass is 554 g/mol. The Morgan fingerprint density at radius 3 is 2.08 bits per heavy atom. The van der Waals surface area contributed by atoms with Gasteiger partial charge in [0.15, 0.2) is 21.5 Å².